The molecule has 1 aromatic carbocycles. The highest BCUT2D eigenvalue weighted by Gasteiger charge is 2.31. The van der Waals surface area contributed by atoms with Crippen molar-refractivity contribution >= 4 is 28.8 Å². The van der Waals surface area contributed by atoms with Crippen LogP contribution >= 0.6 is 0 Å². The molecule has 0 unspecified atom stereocenters. The van der Waals surface area contributed by atoms with E-state index in [-0.39, 0.29) is 36.8 Å². The number of methoxy groups -OCH3 is 1. The van der Waals surface area contributed by atoms with E-state index in [0.29, 0.717) is 18.1 Å². The molecule has 1 aliphatic rings. The largest absolute Gasteiger partial charge is 0.474 e. The molecule has 0 saturated carbocycles. The highest BCUT2D eigenvalue weighted by Crippen LogP contribution is 2.40. The molecule has 0 radical (unpaired) electrons. The number of benzene rings is 1. The van der Waals surface area contributed by atoms with Gasteiger partial charge < -0.3 is 24.6 Å². The third kappa shape index (κ3) is 4.87. The summed E-state index contributed by atoms with van der Waals surface area (Å²) in [5.41, 5.74) is 2.23. The van der Waals surface area contributed by atoms with Crippen molar-refractivity contribution in [3.63, 3.8) is 0 Å². The number of ether oxygens (including phenoxy) is 2. The molecule has 2 aromatic rings. The van der Waals surface area contributed by atoms with Crippen LogP contribution in [0.2, 0.25) is 0 Å². The number of nitrogens with zero attached hydrogens (tertiary/aromatic N) is 4. The van der Waals surface area contributed by atoms with Crippen molar-refractivity contribution in [2.45, 2.75) is 12.8 Å². The number of hydrogen-bond donors (Lipinski definition) is 1. The van der Waals surface area contributed by atoms with Crippen molar-refractivity contribution in [1.29, 1.82) is 5.26 Å². The summed E-state index contributed by atoms with van der Waals surface area (Å²) in [5, 5.41) is 12.4. The summed E-state index contributed by atoms with van der Waals surface area (Å²) in [6, 6.07) is 13.0. The first-order valence-corrected chi connectivity index (χ1v) is 10.1. The van der Waals surface area contributed by atoms with Crippen molar-refractivity contribution in [3.05, 3.63) is 54.0 Å². The number of allylic oxidation sites excluding steroid dienone is 1. The molecule has 1 N–H and O–H groups in total. The molecule has 0 saturated heterocycles. The normalized spacial score (nSPS) is 12.2. The highest BCUT2D eigenvalue weighted by molar-refractivity contribution is 6.04. The molecule has 3 rings (SSSR count). The minimum absolute atomic E-state index is 0.0176. The molecule has 0 bridgehead atoms. The molecule has 0 aliphatic carbocycles. The Hall–Kier alpha value is -3.90. The average molecular weight is 435 g/mol. The van der Waals surface area contributed by atoms with E-state index in [1.807, 2.05) is 54.2 Å². The van der Waals surface area contributed by atoms with Gasteiger partial charge in [0.15, 0.2) is 5.78 Å². The van der Waals surface area contributed by atoms with Gasteiger partial charge in [0.25, 0.3) is 0 Å². The molecule has 9 nitrogen and oxygen atoms in total. The van der Waals surface area contributed by atoms with E-state index in [1.165, 1.54) is 0 Å². The van der Waals surface area contributed by atoms with E-state index in [9.17, 15) is 14.9 Å². The van der Waals surface area contributed by atoms with Gasteiger partial charge in [-0.25, -0.2) is 4.98 Å². The molecule has 0 atom stereocenters. The van der Waals surface area contributed by atoms with Crippen LogP contribution in [0.25, 0.3) is 0 Å². The lowest BCUT2D eigenvalue weighted by molar-refractivity contribution is -0.120. The van der Waals surface area contributed by atoms with Crippen LogP contribution in [0.5, 0.6) is 5.88 Å². The van der Waals surface area contributed by atoms with Crippen molar-refractivity contribution in [2.24, 2.45) is 0 Å². The number of carbonyl (C=O) groups is 2. The number of ketones is 1. The number of nitriles is 1. The minimum Gasteiger partial charge on any atom is -0.474 e. The number of nitrogens with one attached hydrogen (secondary N) is 1. The standard InChI is InChI=1S/C23H25N5O4/c1-27-18-8-4-5-9-19(18)28(2)23(27)16(15-24)20(29)10-11-21(30)26-17-7-6-12-25-22(17)32-14-13-31-3/h4-9,12H,10-11,13-14H2,1-3H3,(H,26,30). The van der Waals surface area contributed by atoms with E-state index in [0.717, 1.165) is 11.4 Å². The number of para-hydroxylation sites is 2. The zero-order chi connectivity index (χ0) is 23.1. The number of rotatable bonds is 9. The van der Waals surface area contributed by atoms with Gasteiger partial charge in [-0.2, -0.15) is 5.26 Å². The maximum Gasteiger partial charge on any atom is 0.237 e. The van der Waals surface area contributed by atoms with Crippen LogP contribution in [0.1, 0.15) is 12.8 Å². The lowest BCUT2D eigenvalue weighted by Gasteiger charge is -2.19. The Labute approximate surface area is 186 Å². The Morgan fingerprint density at radius 1 is 1.06 bits per heavy atom. The molecule has 9 heteroatoms. The first-order chi connectivity index (χ1) is 15.5. The fraction of sp³-hybridized carbons (Fsp3) is 0.304. The molecule has 1 aliphatic heterocycles. The smallest absolute Gasteiger partial charge is 0.237 e. The highest BCUT2D eigenvalue weighted by atomic mass is 16.5. The predicted octanol–water partition coefficient (Wildman–Crippen LogP) is 2.72. The van der Waals surface area contributed by atoms with Gasteiger partial charge in [0.2, 0.25) is 11.8 Å². The number of carbonyl (C=O) groups excluding carboxylic acids is 2. The summed E-state index contributed by atoms with van der Waals surface area (Å²) in [5.74, 6) is 0.00443. The van der Waals surface area contributed by atoms with Gasteiger partial charge in [0.1, 0.15) is 29.8 Å². The average Bonchev–Trinajstić information content (AvgIpc) is 3.05. The van der Waals surface area contributed by atoms with Gasteiger partial charge in [-0.1, -0.05) is 12.1 Å². The Bertz CT molecular complexity index is 1050. The topological polar surface area (TPSA) is 108 Å². The fourth-order valence-corrected chi connectivity index (χ4v) is 3.44. The van der Waals surface area contributed by atoms with Gasteiger partial charge in [0, 0.05) is 40.2 Å². The number of fused-ring (bicyclic) bond motifs is 1. The number of hydrogen-bond acceptors (Lipinski definition) is 8. The van der Waals surface area contributed by atoms with E-state index >= 15 is 0 Å². The number of aromatic nitrogens is 1. The summed E-state index contributed by atoms with van der Waals surface area (Å²) < 4.78 is 10.4. The molecule has 166 valence electrons. The second-order valence-corrected chi connectivity index (χ2v) is 7.09. The maximum absolute atomic E-state index is 12.8. The lowest BCUT2D eigenvalue weighted by Crippen LogP contribution is -2.26. The zero-order valence-corrected chi connectivity index (χ0v) is 18.3. The SMILES string of the molecule is COCCOc1ncccc1NC(=O)CCC(=O)C(C#N)=C1N(C)c2ccccc2N1C. The van der Waals surface area contributed by atoms with Crippen molar-refractivity contribution in [2.75, 3.05) is 49.5 Å². The third-order valence-electron chi connectivity index (χ3n) is 5.00. The van der Waals surface area contributed by atoms with E-state index in [4.69, 9.17) is 9.47 Å². The summed E-state index contributed by atoms with van der Waals surface area (Å²) in [4.78, 5) is 33.0. The van der Waals surface area contributed by atoms with Crippen LogP contribution in [0, 0.1) is 11.3 Å². The fourth-order valence-electron chi connectivity index (χ4n) is 3.44. The summed E-state index contributed by atoms with van der Waals surface area (Å²) >= 11 is 0. The van der Waals surface area contributed by atoms with Gasteiger partial charge in [-0.15, -0.1) is 0 Å². The Kier molecular flexibility index (Phi) is 7.41. The monoisotopic (exact) mass is 435 g/mol. The second-order valence-electron chi connectivity index (χ2n) is 7.09. The first kappa shape index (κ1) is 22.8. The van der Waals surface area contributed by atoms with Crippen LogP contribution < -0.4 is 19.9 Å². The van der Waals surface area contributed by atoms with Gasteiger partial charge in [-0.3, -0.25) is 9.59 Å². The van der Waals surface area contributed by atoms with Crippen LogP contribution in [-0.2, 0) is 14.3 Å². The van der Waals surface area contributed by atoms with Gasteiger partial charge >= 0.3 is 0 Å². The number of amides is 1. The first-order valence-electron chi connectivity index (χ1n) is 10.1. The van der Waals surface area contributed by atoms with Crippen LogP contribution in [-0.4, -0.2) is 51.1 Å². The van der Waals surface area contributed by atoms with Gasteiger partial charge in [-0.05, 0) is 24.3 Å². The molecule has 2 heterocycles. The second kappa shape index (κ2) is 10.4. The number of anilines is 3. The summed E-state index contributed by atoms with van der Waals surface area (Å²) in [6.45, 7) is 0.675. The Morgan fingerprint density at radius 2 is 1.75 bits per heavy atom. The van der Waals surface area contributed by atoms with Crippen LogP contribution in [0.3, 0.4) is 0 Å². The quantitative estimate of drug-likeness (QED) is 0.364. The van der Waals surface area contributed by atoms with Crippen molar-refractivity contribution in [1.82, 2.24) is 4.98 Å². The lowest BCUT2D eigenvalue weighted by atomic mass is 10.1. The van der Waals surface area contributed by atoms with E-state index in [2.05, 4.69) is 10.3 Å². The van der Waals surface area contributed by atoms with E-state index < -0.39 is 5.78 Å². The molecule has 0 fully saturated rings. The molecule has 32 heavy (non-hydrogen) atoms. The summed E-state index contributed by atoms with van der Waals surface area (Å²) in [6.07, 6.45) is 1.37. The maximum atomic E-state index is 12.8. The minimum atomic E-state index is -0.396. The Balaban J connectivity index is 1.66. The summed E-state index contributed by atoms with van der Waals surface area (Å²) in [7, 11) is 5.18. The van der Waals surface area contributed by atoms with Crippen LogP contribution in [0.15, 0.2) is 54.0 Å². The van der Waals surface area contributed by atoms with Gasteiger partial charge in [0.05, 0.1) is 18.0 Å². The molecule has 0 spiro atoms. The molecular weight excluding hydrogens is 410 g/mol. The van der Waals surface area contributed by atoms with E-state index in [1.54, 1.807) is 25.4 Å². The Morgan fingerprint density at radius 3 is 2.38 bits per heavy atom. The zero-order valence-electron chi connectivity index (χ0n) is 18.3. The molecule has 1 aromatic heterocycles. The third-order valence-corrected chi connectivity index (χ3v) is 5.00. The predicted molar refractivity (Wildman–Crippen MR) is 120 cm³/mol. The number of pyridine rings is 1. The molecular formula is C23H25N5O4. The van der Waals surface area contributed by atoms with Crippen molar-refractivity contribution in [3.8, 4) is 11.9 Å². The number of Topliss-reactive ketones (excluding diaryl/α,β-unsaturated/α-hetero) is 1. The van der Waals surface area contributed by atoms with Crippen molar-refractivity contribution < 1.29 is 19.1 Å². The molecule has 1 amide bonds. The van der Waals surface area contributed by atoms with Crippen LogP contribution in [0.4, 0.5) is 17.1 Å².